The zero-order valence-electron chi connectivity index (χ0n) is 9.68. The Bertz CT molecular complexity index is 381. The lowest BCUT2D eigenvalue weighted by molar-refractivity contribution is 0.0731. The van der Waals surface area contributed by atoms with Crippen molar-refractivity contribution >= 4 is 18.3 Å². The number of carbonyl (C=O) groups is 1. The quantitative estimate of drug-likeness (QED) is 0.841. The summed E-state index contributed by atoms with van der Waals surface area (Å²) in [6.07, 6.45) is 1.62. The van der Waals surface area contributed by atoms with Gasteiger partial charge in [0.25, 0.3) is 5.91 Å². The van der Waals surface area contributed by atoms with Crippen LogP contribution in [0, 0.1) is 0 Å². The van der Waals surface area contributed by atoms with Crippen LogP contribution in [0.4, 0.5) is 0 Å². The van der Waals surface area contributed by atoms with Gasteiger partial charge in [-0.1, -0.05) is 0 Å². The number of halogens is 1. The highest BCUT2D eigenvalue weighted by Gasteiger charge is 2.21. The molecular weight excluding hydrogens is 242 g/mol. The predicted octanol–water partition coefficient (Wildman–Crippen LogP) is 0.557. The van der Waals surface area contributed by atoms with Gasteiger partial charge in [0, 0.05) is 32.4 Å². The third-order valence-electron chi connectivity index (χ3n) is 2.60. The van der Waals surface area contributed by atoms with Gasteiger partial charge in [-0.3, -0.25) is 4.79 Å². The summed E-state index contributed by atoms with van der Waals surface area (Å²) in [5.74, 6) is 0.387. The van der Waals surface area contributed by atoms with Gasteiger partial charge in [0.1, 0.15) is 5.56 Å². The molecule has 1 aromatic rings. The molecule has 1 saturated heterocycles. The van der Waals surface area contributed by atoms with Crippen LogP contribution >= 0.6 is 12.4 Å². The molecule has 0 spiro atoms. The Morgan fingerprint density at radius 3 is 2.82 bits per heavy atom. The molecule has 0 unspecified atom stereocenters. The van der Waals surface area contributed by atoms with E-state index >= 15 is 0 Å². The van der Waals surface area contributed by atoms with E-state index in [0.717, 1.165) is 26.2 Å². The number of amides is 1. The molecule has 1 N–H and O–H groups in total. The summed E-state index contributed by atoms with van der Waals surface area (Å²) in [5.41, 5.74) is 0.534. The number of aromatic nitrogens is 1. The van der Waals surface area contributed by atoms with Gasteiger partial charge in [0.05, 0.1) is 7.11 Å². The number of carbonyl (C=O) groups excluding carboxylic acids is 1. The number of rotatable bonds is 2. The Labute approximate surface area is 107 Å². The smallest absolute Gasteiger partial charge is 0.259 e. The second-order valence-corrected chi connectivity index (χ2v) is 3.60. The molecule has 1 amide bonds. The average molecular weight is 258 g/mol. The highest BCUT2D eigenvalue weighted by molar-refractivity contribution is 5.96. The molecule has 1 aliphatic rings. The molecule has 1 fully saturated rings. The van der Waals surface area contributed by atoms with Crippen molar-refractivity contribution in [2.45, 2.75) is 0 Å². The fourth-order valence-electron chi connectivity index (χ4n) is 1.75. The predicted molar refractivity (Wildman–Crippen MR) is 66.8 cm³/mol. The molecule has 0 aliphatic carbocycles. The van der Waals surface area contributed by atoms with E-state index in [4.69, 9.17) is 4.74 Å². The molecule has 6 heteroatoms. The van der Waals surface area contributed by atoms with E-state index < -0.39 is 0 Å². The molecule has 5 nitrogen and oxygen atoms in total. The number of methoxy groups -OCH3 is 1. The van der Waals surface area contributed by atoms with Crippen molar-refractivity contribution in [1.29, 1.82) is 0 Å². The van der Waals surface area contributed by atoms with Crippen LogP contribution in [-0.4, -0.2) is 49.1 Å². The third kappa shape index (κ3) is 3.08. The second-order valence-electron chi connectivity index (χ2n) is 3.60. The molecule has 0 atom stereocenters. The van der Waals surface area contributed by atoms with Gasteiger partial charge in [-0.25, -0.2) is 4.98 Å². The van der Waals surface area contributed by atoms with Crippen molar-refractivity contribution in [3.8, 4) is 5.88 Å². The van der Waals surface area contributed by atoms with Crippen molar-refractivity contribution in [1.82, 2.24) is 15.2 Å². The van der Waals surface area contributed by atoms with E-state index in [1.165, 1.54) is 7.11 Å². The first-order valence-electron chi connectivity index (χ1n) is 5.32. The Hall–Kier alpha value is -1.33. The van der Waals surface area contributed by atoms with Crippen LogP contribution in [0.3, 0.4) is 0 Å². The average Bonchev–Trinajstić information content (AvgIpc) is 2.39. The number of hydrogen-bond acceptors (Lipinski definition) is 4. The molecule has 2 heterocycles. The standard InChI is InChI=1S/C11H15N3O2.ClH/c1-16-10-9(3-2-4-13-10)11(15)14-7-5-12-6-8-14;/h2-4,12H,5-8H2,1H3;1H. The molecule has 1 aliphatic heterocycles. The molecular formula is C11H16ClN3O2. The Balaban J connectivity index is 0.00000144. The van der Waals surface area contributed by atoms with Crippen LogP contribution in [0.1, 0.15) is 10.4 Å². The maximum absolute atomic E-state index is 12.2. The maximum atomic E-state index is 12.2. The lowest BCUT2D eigenvalue weighted by atomic mass is 10.2. The molecule has 0 saturated carbocycles. The lowest BCUT2D eigenvalue weighted by Crippen LogP contribution is -2.46. The number of ether oxygens (including phenoxy) is 1. The van der Waals surface area contributed by atoms with Crippen molar-refractivity contribution in [3.05, 3.63) is 23.9 Å². The van der Waals surface area contributed by atoms with E-state index in [0.29, 0.717) is 11.4 Å². The van der Waals surface area contributed by atoms with Crippen LogP contribution in [-0.2, 0) is 0 Å². The van der Waals surface area contributed by atoms with Gasteiger partial charge >= 0.3 is 0 Å². The number of hydrogen-bond donors (Lipinski definition) is 1. The Morgan fingerprint density at radius 1 is 1.47 bits per heavy atom. The zero-order valence-corrected chi connectivity index (χ0v) is 10.5. The van der Waals surface area contributed by atoms with Gasteiger partial charge < -0.3 is 15.0 Å². The molecule has 94 valence electrons. The van der Waals surface area contributed by atoms with Crippen LogP contribution in [0.25, 0.3) is 0 Å². The first-order valence-corrected chi connectivity index (χ1v) is 5.32. The van der Waals surface area contributed by atoms with E-state index in [2.05, 4.69) is 10.3 Å². The molecule has 1 aromatic heterocycles. The number of nitrogens with one attached hydrogen (secondary N) is 1. The fraction of sp³-hybridized carbons (Fsp3) is 0.455. The molecule has 0 bridgehead atoms. The number of nitrogens with zero attached hydrogens (tertiary/aromatic N) is 2. The van der Waals surface area contributed by atoms with Gasteiger partial charge in [-0.2, -0.15) is 0 Å². The van der Waals surface area contributed by atoms with Gasteiger partial charge in [0.15, 0.2) is 0 Å². The largest absolute Gasteiger partial charge is 0.480 e. The van der Waals surface area contributed by atoms with Crippen LogP contribution in [0.5, 0.6) is 5.88 Å². The van der Waals surface area contributed by atoms with Crippen molar-refractivity contribution < 1.29 is 9.53 Å². The van der Waals surface area contributed by atoms with Crippen molar-refractivity contribution in [2.24, 2.45) is 0 Å². The summed E-state index contributed by atoms with van der Waals surface area (Å²) < 4.78 is 5.08. The summed E-state index contributed by atoms with van der Waals surface area (Å²) in [7, 11) is 1.52. The SMILES string of the molecule is COc1ncccc1C(=O)N1CCNCC1.Cl. The van der Waals surface area contributed by atoms with Crippen LogP contribution < -0.4 is 10.1 Å². The minimum absolute atomic E-state index is 0. The summed E-state index contributed by atoms with van der Waals surface area (Å²) >= 11 is 0. The highest BCUT2D eigenvalue weighted by atomic mass is 35.5. The third-order valence-corrected chi connectivity index (χ3v) is 2.60. The molecule has 2 rings (SSSR count). The number of pyridine rings is 1. The van der Waals surface area contributed by atoms with E-state index in [-0.39, 0.29) is 18.3 Å². The summed E-state index contributed by atoms with van der Waals surface area (Å²) in [4.78, 5) is 18.0. The maximum Gasteiger partial charge on any atom is 0.259 e. The molecule has 0 radical (unpaired) electrons. The Kier molecular flexibility index (Phi) is 5.18. The lowest BCUT2D eigenvalue weighted by Gasteiger charge is -2.27. The van der Waals surface area contributed by atoms with E-state index in [1.807, 2.05) is 4.90 Å². The summed E-state index contributed by atoms with van der Waals surface area (Å²) in [6.45, 7) is 3.15. The normalized spacial score (nSPS) is 15.0. The first kappa shape index (κ1) is 13.7. The minimum atomic E-state index is -0.00792. The summed E-state index contributed by atoms with van der Waals surface area (Å²) in [6, 6.07) is 3.49. The van der Waals surface area contributed by atoms with E-state index in [1.54, 1.807) is 18.3 Å². The van der Waals surface area contributed by atoms with Crippen LogP contribution in [0.2, 0.25) is 0 Å². The molecule has 17 heavy (non-hydrogen) atoms. The highest BCUT2D eigenvalue weighted by Crippen LogP contribution is 2.16. The van der Waals surface area contributed by atoms with Gasteiger partial charge in [-0.15, -0.1) is 12.4 Å². The van der Waals surface area contributed by atoms with Crippen LogP contribution in [0.15, 0.2) is 18.3 Å². The topological polar surface area (TPSA) is 54.5 Å². The fourth-order valence-corrected chi connectivity index (χ4v) is 1.75. The second kappa shape index (κ2) is 6.42. The van der Waals surface area contributed by atoms with Gasteiger partial charge in [0.2, 0.25) is 5.88 Å². The van der Waals surface area contributed by atoms with Crippen molar-refractivity contribution in [3.63, 3.8) is 0 Å². The van der Waals surface area contributed by atoms with Gasteiger partial charge in [-0.05, 0) is 12.1 Å². The zero-order chi connectivity index (χ0) is 11.4. The minimum Gasteiger partial charge on any atom is -0.480 e. The van der Waals surface area contributed by atoms with Crippen molar-refractivity contribution in [2.75, 3.05) is 33.3 Å². The monoisotopic (exact) mass is 257 g/mol. The Morgan fingerprint density at radius 2 is 2.18 bits per heavy atom. The molecule has 0 aromatic carbocycles. The van der Waals surface area contributed by atoms with E-state index in [9.17, 15) is 4.79 Å². The first-order chi connectivity index (χ1) is 7.83. The summed E-state index contributed by atoms with van der Waals surface area (Å²) in [5, 5.41) is 3.21. The number of piperazine rings is 1.